The minimum absolute atomic E-state index is 0.0142. The van der Waals surface area contributed by atoms with Gasteiger partial charge >= 0.3 is 0 Å². The Bertz CT molecular complexity index is 582. The molecule has 144 valence electrons. The highest BCUT2D eigenvalue weighted by atomic mass is 16.5. The van der Waals surface area contributed by atoms with Gasteiger partial charge in [0.2, 0.25) is 5.91 Å². The molecule has 1 aromatic carbocycles. The fourth-order valence-corrected chi connectivity index (χ4v) is 3.93. The summed E-state index contributed by atoms with van der Waals surface area (Å²) in [4.78, 5) is 14.6. The van der Waals surface area contributed by atoms with Gasteiger partial charge in [0.05, 0.1) is 44.0 Å². The molecule has 26 heavy (non-hydrogen) atoms. The lowest BCUT2D eigenvalue weighted by atomic mass is 9.95. The molecule has 2 aliphatic heterocycles. The highest BCUT2D eigenvalue weighted by Gasteiger charge is 2.36. The molecule has 2 saturated heterocycles. The van der Waals surface area contributed by atoms with Gasteiger partial charge in [-0.15, -0.1) is 0 Å². The number of ether oxygens (including phenoxy) is 2. The van der Waals surface area contributed by atoms with Crippen molar-refractivity contribution in [3.63, 3.8) is 0 Å². The van der Waals surface area contributed by atoms with Crippen LogP contribution in [0.25, 0.3) is 0 Å². The Morgan fingerprint density at radius 1 is 1.31 bits per heavy atom. The van der Waals surface area contributed by atoms with Crippen molar-refractivity contribution in [3.8, 4) is 0 Å². The number of hydrogen-bond donors (Lipinski definition) is 2. The van der Waals surface area contributed by atoms with E-state index in [2.05, 4.69) is 10.2 Å². The Morgan fingerprint density at radius 2 is 2.08 bits per heavy atom. The maximum Gasteiger partial charge on any atom is 0.223 e. The first kappa shape index (κ1) is 19.3. The first-order valence-corrected chi connectivity index (χ1v) is 9.48. The van der Waals surface area contributed by atoms with E-state index in [0.717, 1.165) is 18.4 Å². The number of β-amino-alcohol motifs (C(OH)–C–C–N with tert-alkyl or cyclic N) is 1. The number of nitrogens with zero attached hydrogens (tertiary/aromatic N) is 1. The van der Waals surface area contributed by atoms with E-state index in [9.17, 15) is 9.90 Å². The molecule has 2 N–H and O–H groups in total. The fourth-order valence-electron chi connectivity index (χ4n) is 3.93. The van der Waals surface area contributed by atoms with Gasteiger partial charge < -0.3 is 19.9 Å². The first-order valence-electron chi connectivity index (χ1n) is 9.48. The van der Waals surface area contributed by atoms with E-state index in [0.29, 0.717) is 26.2 Å². The summed E-state index contributed by atoms with van der Waals surface area (Å²) in [6.07, 6.45) is 1.57. The second-order valence-electron chi connectivity index (χ2n) is 7.48. The number of carbonyl (C=O) groups is 1. The average Bonchev–Trinajstić information content (AvgIpc) is 2.61. The predicted octanol–water partition coefficient (Wildman–Crippen LogP) is 1.49. The van der Waals surface area contributed by atoms with Crippen molar-refractivity contribution in [1.82, 2.24) is 10.2 Å². The number of aliphatic hydroxyl groups excluding tert-OH is 1. The minimum Gasteiger partial charge on any atom is -0.389 e. The van der Waals surface area contributed by atoms with Crippen LogP contribution in [0.2, 0.25) is 0 Å². The molecule has 6 nitrogen and oxygen atoms in total. The Hall–Kier alpha value is -1.47. The van der Waals surface area contributed by atoms with Crippen LogP contribution in [0.1, 0.15) is 37.8 Å². The Kier molecular flexibility index (Phi) is 6.64. The maximum atomic E-state index is 12.4. The molecular formula is C20H30N2O4. The topological polar surface area (TPSA) is 71.0 Å². The Labute approximate surface area is 155 Å². The summed E-state index contributed by atoms with van der Waals surface area (Å²) in [5, 5.41) is 12.9. The van der Waals surface area contributed by atoms with Crippen LogP contribution >= 0.6 is 0 Å². The molecule has 0 aliphatic carbocycles. The van der Waals surface area contributed by atoms with E-state index in [1.807, 2.05) is 44.3 Å². The number of amides is 1. The van der Waals surface area contributed by atoms with Crippen molar-refractivity contribution in [2.75, 3.05) is 26.8 Å². The summed E-state index contributed by atoms with van der Waals surface area (Å²) >= 11 is 0. The van der Waals surface area contributed by atoms with E-state index in [1.165, 1.54) is 0 Å². The molecule has 1 aromatic rings. The molecule has 0 saturated carbocycles. The van der Waals surface area contributed by atoms with Crippen molar-refractivity contribution < 1.29 is 19.4 Å². The third-order valence-electron chi connectivity index (χ3n) is 5.33. The number of aliphatic hydroxyl groups is 1. The van der Waals surface area contributed by atoms with Crippen LogP contribution < -0.4 is 5.32 Å². The zero-order valence-electron chi connectivity index (χ0n) is 15.6. The van der Waals surface area contributed by atoms with Crippen LogP contribution in [0, 0.1) is 0 Å². The maximum absolute atomic E-state index is 12.4. The van der Waals surface area contributed by atoms with Gasteiger partial charge in [-0.3, -0.25) is 9.69 Å². The Morgan fingerprint density at radius 3 is 2.85 bits per heavy atom. The molecule has 2 fully saturated rings. The lowest BCUT2D eigenvalue weighted by molar-refractivity contribution is -0.153. The van der Waals surface area contributed by atoms with E-state index in [4.69, 9.17) is 9.47 Å². The van der Waals surface area contributed by atoms with E-state index in [1.54, 1.807) is 0 Å². The van der Waals surface area contributed by atoms with Crippen LogP contribution in [0.4, 0.5) is 0 Å². The Balaban J connectivity index is 1.51. The number of hydrogen-bond acceptors (Lipinski definition) is 5. The second kappa shape index (κ2) is 8.95. The van der Waals surface area contributed by atoms with Crippen LogP contribution in [-0.2, 0) is 14.3 Å². The predicted molar refractivity (Wildman–Crippen MR) is 98.8 cm³/mol. The molecule has 0 aromatic heterocycles. The first-order chi connectivity index (χ1) is 12.5. The van der Waals surface area contributed by atoms with Crippen LogP contribution in [0.5, 0.6) is 0 Å². The number of fused-ring (bicyclic) bond motifs is 1. The van der Waals surface area contributed by atoms with E-state index < -0.39 is 6.10 Å². The molecular weight excluding hydrogens is 332 g/mol. The van der Waals surface area contributed by atoms with Gasteiger partial charge in [-0.1, -0.05) is 30.3 Å². The number of rotatable bonds is 4. The summed E-state index contributed by atoms with van der Waals surface area (Å²) in [5.41, 5.74) is 1.10. The zero-order chi connectivity index (χ0) is 18.5. The van der Waals surface area contributed by atoms with Gasteiger partial charge in [0.15, 0.2) is 0 Å². The lowest BCUT2D eigenvalue weighted by Crippen LogP contribution is -2.54. The number of carbonyl (C=O) groups excluding carboxylic acids is 1. The summed E-state index contributed by atoms with van der Waals surface area (Å²) in [5.74, 6) is 0.0142. The largest absolute Gasteiger partial charge is 0.389 e. The molecule has 2 aliphatic rings. The molecule has 2 heterocycles. The van der Waals surface area contributed by atoms with Gasteiger partial charge in [0.1, 0.15) is 0 Å². The van der Waals surface area contributed by atoms with Gasteiger partial charge in [-0.2, -0.15) is 0 Å². The van der Waals surface area contributed by atoms with Crippen molar-refractivity contribution >= 4 is 5.91 Å². The van der Waals surface area contributed by atoms with E-state index >= 15 is 0 Å². The molecule has 5 atom stereocenters. The smallest absolute Gasteiger partial charge is 0.223 e. The summed E-state index contributed by atoms with van der Waals surface area (Å²) < 4.78 is 11.8. The quantitative estimate of drug-likeness (QED) is 0.849. The van der Waals surface area contributed by atoms with Crippen molar-refractivity contribution in [2.24, 2.45) is 0 Å². The minimum atomic E-state index is -0.455. The van der Waals surface area contributed by atoms with Crippen molar-refractivity contribution in [3.05, 3.63) is 35.9 Å². The van der Waals surface area contributed by atoms with Crippen LogP contribution in [-0.4, -0.2) is 67.1 Å². The second-order valence-corrected chi connectivity index (χ2v) is 7.48. The number of likely N-dealkylation sites (N-methyl/N-ethyl adjacent to an activating group) is 1. The number of nitrogens with one attached hydrogen (secondary N) is 1. The monoisotopic (exact) mass is 362 g/mol. The summed E-state index contributed by atoms with van der Waals surface area (Å²) in [6, 6.07) is 10.2. The highest BCUT2D eigenvalue weighted by Crippen LogP contribution is 2.27. The molecule has 0 unspecified atom stereocenters. The lowest BCUT2D eigenvalue weighted by Gasteiger charge is -2.43. The van der Waals surface area contributed by atoms with Gasteiger partial charge in [0, 0.05) is 12.6 Å². The SMILES string of the molecule is C[C@H](NC(=O)C[C@H]1CC[C@@H]2[C@H](COC[C@H](O)CN2C)O1)c1ccccc1. The summed E-state index contributed by atoms with van der Waals surface area (Å²) in [7, 11) is 2.02. The normalized spacial score (nSPS) is 31.3. The van der Waals surface area contributed by atoms with Gasteiger partial charge in [-0.25, -0.2) is 0 Å². The fraction of sp³-hybridized carbons (Fsp3) is 0.650. The van der Waals surface area contributed by atoms with Crippen LogP contribution in [0.15, 0.2) is 30.3 Å². The molecule has 0 spiro atoms. The van der Waals surface area contributed by atoms with Crippen LogP contribution in [0.3, 0.4) is 0 Å². The molecule has 1 amide bonds. The van der Waals surface area contributed by atoms with Crippen molar-refractivity contribution in [2.45, 2.75) is 56.6 Å². The van der Waals surface area contributed by atoms with Gasteiger partial charge in [-0.05, 0) is 32.4 Å². The standard InChI is InChI=1S/C20H30N2O4/c1-14(15-6-4-3-5-7-15)21-20(24)10-17-8-9-18-19(26-17)13-25-12-16(23)11-22(18)2/h3-7,14,16-19,23H,8-13H2,1-2H3,(H,21,24)/t14-,16+,17+,18+,19-/m0/s1. The zero-order valence-corrected chi connectivity index (χ0v) is 15.6. The molecule has 6 heteroatoms. The average molecular weight is 362 g/mol. The van der Waals surface area contributed by atoms with Gasteiger partial charge in [0.25, 0.3) is 0 Å². The molecule has 3 rings (SSSR count). The summed E-state index contributed by atoms with van der Waals surface area (Å²) in [6.45, 7) is 3.37. The molecule has 0 radical (unpaired) electrons. The molecule has 0 bridgehead atoms. The highest BCUT2D eigenvalue weighted by molar-refractivity contribution is 5.76. The number of benzene rings is 1. The third-order valence-corrected chi connectivity index (χ3v) is 5.33. The van der Waals surface area contributed by atoms with E-state index in [-0.39, 0.29) is 30.2 Å². The van der Waals surface area contributed by atoms with Crippen molar-refractivity contribution in [1.29, 1.82) is 0 Å². The third kappa shape index (κ3) is 5.04.